The number of aromatic nitrogens is 2. The van der Waals surface area contributed by atoms with Gasteiger partial charge in [0.25, 0.3) is 0 Å². The van der Waals surface area contributed by atoms with Crippen LogP contribution in [-0.2, 0) is 16.0 Å². The van der Waals surface area contributed by atoms with Gasteiger partial charge in [0.2, 0.25) is 0 Å². The predicted molar refractivity (Wildman–Crippen MR) is 72.3 cm³/mol. The van der Waals surface area contributed by atoms with E-state index >= 15 is 0 Å². The molecule has 1 aromatic rings. The predicted octanol–water partition coefficient (Wildman–Crippen LogP) is -3.74. The van der Waals surface area contributed by atoms with Gasteiger partial charge in [0.05, 0.1) is 12.9 Å². The molecule has 0 bridgehead atoms. The normalized spacial score (nSPS) is 18.3. The number of aliphatic hydroxyl groups excluding tert-OH is 5. The maximum absolute atomic E-state index is 11.6. The molecule has 10 nitrogen and oxygen atoms in total. The van der Waals surface area contributed by atoms with E-state index in [9.17, 15) is 20.1 Å². The van der Waals surface area contributed by atoms with Crippen LogP contribution in [0.25, 0.3) is 0 Å². The smallest absolute Gasteiger partial charge is 0.323 e. The molecule has 0 aliphatic rings. The number of aromatic amines is 1. The average molecular weight is 319 g/mol. The van der Waals surface area contributed by atoms with E-state index in [4.69, 9.17) is 20.7 Å². The Kier molecular flexibility index (Phi) is 7.38. The standard InChI is InChI=1S/C12H21N3O7/c13-7(1-6-2-14-5-15-6)12(21)22-4-9(18)11(20)10(19)8(17)3-16/h2,5,7-11,16-20H,1,3-4,13H2,(H,14,15)/t7-,8+,9+,10+,11+/m0/s1. The van der Waals surface area contributed by atoms with E-state index in [2.05, 4.69) is 9.97 Å². The first-order valence-electron chi connectivity index (χ1n) is 6.59. The summed E-state index contributed by atoms with van der Waals surface area (Å²) < 4.78 is 4.74. The van der Waals surface area contributed by atoms with Crippen molar-refractivity contribution in [2.24, 2.45) is 5.73 Å². The van der Waals surface area contributed by atoms with Crippen molar-refractivity contribution < 1.29 is 35.1 Å². The Morgan fingerprint density at radius 2 is 1.91 bits per heavy atom. The van der Waals surface area contributed by atoms with Crippen molar-refractivity contribution in [2.45, 2.75) is 36.9 Å². The van der Waals surface area contributed by atoms with E-state index in [1.165, 1.54) is 12.5 Å². The van der Waals surface area contributed by atoms with Crippen LogP contribution in [0, 0.1) is 0 Å². The van der Waals surface area contributed by atoms with Gasteiger partial charge in [-0.2, -0.15) is 0 Å². The number of carbonyl (C=O) groups excluding carboxylic acids is 1. The first-order chi connectivity index (χ1) is 10.4. The summed E-state index contributed by atoms with van der Waals surface area (Å²) in [6, 6.07) is -0.988. The third kappa shape index (κ3) is 5.33. The van der Waals surface area contributed by atoms with Crippen LogP contribution < -0.4 is 5.73 Å². The SMILES string of the molecule is N[C@@H](Cc1cnc[nH]1)C(=O)OC[C@@H](O)[C@@H](O)[C@H](O)[C@H](O)CO. The van der Waals surface area contributed by atoms with Crippen LogP contribution in [0.5, 0.6) is 0 Å². The van der Waals surface area contributed by atoms with Gasteiger partial charge in [0.1, 0.15) is 37.1 Å². The lowest BCUT2D eigenvalue weighted by atomic mass is 10.0. The van der Waals surface area contributed by atoms with Crippen LogP contribution in [0.1, 0.15) is 5.69 Å². The fraction of sp³-hybridized carbons (Fsp3) is 0.667. The van der Waals surface area contributed by atoms with Gasteiger partial charge in [0, 0.05) is 18.3 Å². The Labute approximate surface area is 126 Å². The minimum atomic E-state index is -1.79. The number of hydrogen-bond donors (Lipinski definition) is 7. The van der Waals surface area contributed by atoms with Crippen molar-refractivity contribution in [3.05, 3.63) is 18.2 Å². The van der Waals surface area contributed by atoms with E-state index in [0.29, 0.717) is 5.69 Å². The van der Waals surface area contributed by atoms with Gasteiger partial charge in [-0.15, -0.1) is 0 Å². The van der Waals surface area contributed by atoms with Gasteiger partial charge in [-0.25, -0.2) is 4.98 Å². The van der Waals surface area contributed by atoms with Gasteiger partial charge in [-0.05, 0) is 0 Å². The summed E-state index contributed by atoms with van der Waals surface area (Å²) in [4.78, 5) is 18.2. The first-order valence-corrected chi connectivity index (χ1v) is 6.59. The van der Waals surface area contributed by atoms with E-state index in [0.717, 1.165) is 0 Å². The van der Waals surface area contributed by atoms with Crippen LogP contribution in [0.4, 0.5) is 0 Å². The lowest BCUT2D eigenvalue weighted by molar-refractivity contribution is -0.157. The molecular formula is C12H21N3O7. The van der Waals surface area contributed by atoms with Crippen LogP contribution in [0.3, 0.4) is 0 Å². The van der Waals surface area contributed by atoms with E-state index < -0.39 is 49.6 Å². The fourth-order valence-electron chi connectivity index (χ4n) is 1.65. The summed E-state index contributed by atoms with van der Waals surface area (Å²) >= 11 is 0. The zero-order chi connectivity index (χ0) is 16.7. The Bertz CT molecular complexity index is 442. The number of imidazole rings is 1. The number of rotatable bonds is 9. The van der Waals surface area contributed by atoms with Gasteiger partial charge in [0.15, 0.2) is 0 Å². The molecule has 0 aliphatic carbocycles. The number of aliphatic hydroxyl groups is 5. The van der Waals surface area contributed by atoms with Crippen LogP contribution in [0.2, 0.25) is 0 Å². The summed E-state index contributed by atoms with van der Waals surface area (Å²) in [5, 5.41) is 46.3. The van der Waals surface area contributed by atoms with Crippen molar-refractivity contribution in [2.75, 3.05) is 13.2 Å². The molecule has 0 aromatic carbocycles. The van der Waals surface area contributed by atoms with Crippen molar-refractivity contribution in [1.82, 2.24) is 9.97 Å². The molecule has 5 atom stereocenters. The summed E-state index contributed by atoms with van der Waals surface area (Å²) in [6.07, 6.45) is -3.75. The van der Waals surface area contributed by atoms with Crippen molar-refractivity contribution >= 4 is 5.97 Å². The Hall–Kier alpha value is -1.56. The van der Waals surface area contributed by atoms with Crippen LogP contribution in [0.15, 0.2) is 12.5 Å². The highest BCUT2D eigenvalue weighted by molar-refractivity contribution is 5.75. The molecule has 0 fully saturated rings. The van der Waals surface area contributed by atoms with Gasteiger partial charge in [-0.3, -0.25) is 4.79 Å². The molecule has 0 saturated carbocycles. The van der Waals surface area contributed by atoms with Gasteiger partial charge < -0.3 is 41.0 Å². The Balaban J connectivity index is 2.39. The molecule has 0 radical (unpaired) electrons. The lowest BCUT2D eigenvalue weighted by Gasteiger charge is -2.25. The zero-order valence-corrected chi connectivity index (χ0v) is 11.7. The van der Waals surface area contributed by atoms with Crippen molar-refractivity contribution in [3.63, 3.8) is 0 Å². The van der Waals surface area contributed by atoms with Crippen molar-refractivity contribution in [3.8, 4) is 0 Å². The van der Waals surface area contributed by atoms with Gasteiger partial charge >= 0.3 is 5.97 Å². The molecule has 0 saturated heterocycles. The lowest BCUT2D eigenvalue weighted by Crippen LogP contribution is -2.48. The highest BCUT2D eigenvalue weighted by atomic mass is 16.5. The second kappa shape index (κ2) is 8.78. The molecule has 0 unspecified atom stereocenters. The molecule has 126 valence electrons. The number of H-pyrrole nitrogens is 1. The highest BCUT2D eigenvalue weighted by Crippen LogP contribution is 2.06. The maximum Gasteiger partial charge on any atom is 0.323 e. The van der Waals surface area contributed by atoms with E-state index in [1.54, 1.807) is 0 Å². The molecule has 1 aromatic heterocycles. The third-order valence-electron chi connectivity index (χ3n) is 3.02. The van der Waals surface area contributed by atoms with Crippen LogP contribution >= 0.6 is 0 Å². The molecule has 10 heteroatoms. The quantitative estimate of drug-likeness (QED) is 0.225. The number of nitrogens with two attached hydrogens (primary N) is 1. The Morgan fingerprint density at radius 1 is 1.27 bits per heavy atom. The molecule has 8 N–H and O–H groups in total. The maximum atomic E-state index is 11.6. The highest BCUT2D eigenvalue weighted by Gasteiger charge is 2.31. The second-order valence-corrected chi connectivity index (χ2v) is 4.82. The number of nitrogens with zero attached hydrogens (tertiary/aromatic N) is 1. The zero-order valence-electron chi connectivity index (χ0n) is 11.7. The minimum Gasteiger partial charge on any atom is -0.462 e. The first kappa shape index (κ1) is 18.5. The average Bonchev–Trinajstić information content (AvgIpc) is 3.02. The molecule has 0 spiro atoms. The topological polar surface area (TPSA) is 182 Å². The monoisotopic (exact) mass is 319 g/mol. The molecular weight excluding hydrogens is 298 g/mol. The largest absolute Gasteiger partial charge is 0.462 e. The minimum absolute atomic E-state index is 0.156. The summed E-state index contributed by atoms with van der Waals surface area (Å²) in [7, 11) is 0. The summed E-state index contributed by atoms with van der Waals surface area (Å²) in [5.74, 6) is -0.807. The Morgan fingerprint density at radius 3 is 2.45 bits per heavy atom. The molecule has 22 heavy (non-hydrogen) atoms. The number of nitrogens with one attached hydrogen (secondary N) is 1. The number of hydrogen-bond acceptors (Lipinski definition) is 9. The molecule has 0 aliphatic heterocycles. The number of esters is 1. The summed E-state index contributed by atoms with van der Waals surface area (Å²) in [5.41, 5.74) is 6.24. The van der Waals surface area contributed by atoms with Gasteiger partial charge in [-0.1, -0.05) is 0 Å². The summed E-state index contributed by atoms with van der Waals surface area (Å²) in [6.45, 7) is -1.41. The second-order valence-electron chi connectivity index (χ2n) is 4.82. The van der Waals surface area contributed by atoms with E-state index in [-0.39, 0.29) is 6.42 Å². The third-order valence-corrected chi connectivity index (χ3v) is 3.02. The number of ether oxygens (including phenoxy) is 1. The molecule has 0 amide bonds. The van der Waals surface area contributed by atoms with E-state index in [1.807, 2.05) is 0 Å². The fourth-order valence-corrected chi connectivity index (χ4v) is 1.65. The van der Waals surface area contributed by atoms with Crippen LogP contribution in [-0.4, -0.2) is 85.1 Å². The molecule has 1 rings (SSSR count). The number of carbonyl (C=O) groups is 1. The van der Waals surface area contributed by atoms with Crippen molar-refractivity contribution in [1.29, 1.82) is 0 Å². The molecule has 1 heterocycles.